The Bertz CT molecular complexity index is 1030. The molecule has 0 spiro atoms. The van der Waals surface area contributed by atoms with Crippen LogP contribution in [0.2, 0.25) is 0 Å². The fourth-order valence-corrected chi connectivity index (χ4v) is 5.00. The van der Waals surface area contributed by atoms with E-state index in [0.717, 1.165) is 31.2 Å². The number of hydrogen-bond acceptors (Lipinski definition) is 4. The van der Waals surface area contributed by atoms with E-state index in [1.54, 1.807) is 6.92 Å². The van der Waals surface area contributed by atoms with E-state index in [1.807, 2.05) is 11.1 Å². The smallest absolute Gasteiger partial charge is 0.383 e. The Labute approximate surface area is 172 Å². The number of carbonyl (C=O) groups excluding carboxylic acids is 1. The second kappa shape index (κ2) is 6.21. The van der Waals surface area contributed by atoms with Gasteiger partial charge in [-0.15, -0.1) is 0 Å². The monoisotopic (exact) mass is 419 g/mol. The third-order valence-electron chi connectivity index (χ3n) is 6.99. The molecule has 3 aliphatic rings. The van der Waals surface area contributed by atoms with Crippen LogP contribution in [0.15, 0.2) is 18.5 Å². The summed E-state index contributed by atoms with van der Waals surface area (Å²) in [5.74, 6) is 1.40. The molecule has 6 nitrogen and oxygen atoms in total. The lowest BCUT2D eigenvalue weighted by molar-refractivity contribution is -0.137. The predicted molar refractivity (Wildman–Crippen MR) is 104 cm³/mol. The molecule has 30 heavy (non-hydrogen) atoms. The first kappa shape index (κ1) is 19.4. The molecule has 2 saturated carbocycles. The molecule has 2 aromatic rings. The molecule has 3 atom stereocenters. The van der Waals surface area contributed by atoms with E-state index >= 15 is 0 Å². The van der Waals surface area contributed by atoms with Crippen LogP contribution in [0.1, 0.15) is 44.1 Å². The summed E-state index contributed by atoms with van der Waals surface area (Å²) in [7, 11) is 0. The first-order valence-corrected chi connectivity index (χ1v) is 10.2. The molecule has 0 radical (unpaired) electrons. The minimum absolute atomic E-state index is 0.0154. The SMILES string of the molecule is CC(=O)N1C[C@H]2[C@H](n3cc(-c4cnc(N)c(C(F)(F)F)c4)nc3CC3CC3)C2(C)C1. The van der Waals surface area contributed by atoms with E-state index in [2.05, 4.69) is 16.5 Å². The summed E-state index contributed by atoms with van der Waals surface area (Å²) in [5, 5.41) is 0. The Kier molecular flexibility index (Phi) is 4.02. The molecule has 0 bridgehead atoms. The number of alkyl halides is 3. The van der Waals surface area contributed by atoms with Crippen LogP contribution in [0.4, 0.5) is 19.0 Å². The van der Waals surface area contributed by atoms with Crippen molar-refractivity contribution in [3.8, 4) is 11.3 Å². The Morgan fingerprint density at radius 2 is 2.10 bits per heavy atom. The van der Waals surface area contributed by atoms with Gasteiger partial charge in [0.2, 0.25) is 5.91 Å². The molecule has 5 rings (SSSR count). The van der Waals surface area contributed by atoms with Crippen molar-refractivity contribution in [3.05, 3.63) is 29.8 Å². The van der Waals surface area contributed by atoms with Crippen LogP contribution in [0, 0.1) is 17.3 Å². The van der Waals surface area contributed by atoms with Crippen LogP contribution in [0.5, 0.6) is 0 Å². The van der Waals surface area contributed by atoms with Crippen molar-refractivity contribution in [2.45, 2.75) is 45.3 Å². The van der Waals surface area contributed by atoms with Gasteiger partial charge >= 0.3 is 6.18 Å². The van der Waals surface area contributed by atoms with Gasteiger partial charge in [0.05, 0.1) is 11.3 Å². The minimum Gasteiger partial charge on any atom is -0.383 e. The fourth-order valence-electron chi connectivity index (χ4n) is 5.00. The highest BCUT2D eigenvalue weighted by Crippen LogP contribution is 2.66. The summed E-state index contributed by atoms with van der Waals surface area (Å²) in [4.78, 5) is 22.1. The van der Waals surface area contributed by atoms with Gasteiger partial charge in [0, 0.05) is 61.8 Å². The van der Waals surface area contributed by atoms with Gasteiger partial charge in [-0.25, -0.2) is 9.97 Å². The van der Waals surface area contributed by atoms with E-state index in [1.165, 1.54) is 6.20 Å². The molecule has 1 amide bonds. The highest BCUT2D eigenvalue weighted by atomic mass is 19.4. The highest BCUT2D eigenvalue weighted by Gasteiger charge is 2.67. The predicted octanol–water partition coefficient (Wildman–Crippen LogP) is 3.54. The van der Waals surface area contributed by atoms with Gasteiger partial charge in [-0.1, -0.05) is 6.92 Å². The summed E-state index contributed by atoms with van der Waals surface area (Å²) >= 11 is 0. The number of nitrogens with two attached hydrogens (primary N) is 1. The van der Waals surface area contributed by atoms with Crippen molar-refractivity contribution >= 4 is 11.7 Å². The number of likely N-dealkylation sites (tertiary alicyclic amines) is 1. The molecule has 3 heterocycles. The molecule has 2 aliphatic carbocycles. The first-order valence-electron chi connectivity index (χ1n) is 10.2. The number of anilines is 1. The number of pyridine rings is 1. The first-order chi connectivity index (χ1) is 14.1. The maximum atomic E-state index is 13.3. The average Bonchev–Trinajstić information content (AvgIpc) is 3.47. The summed E-state index contributed by atoms with van der Waals surface area (Å²) in [6, 6.07) is 1.25. The van der Waals surface area contributed by atoms with E-state index in [4.69, 9.17) is 10.7 Å². The van der Waals surface area contributed by atoms with Crippen LogP contribution in [-0.2, 0) is 17.4 Å². The van der Waals surface area contributed by atoms with Crippen molar-refractivity contribution < 1.29 is 18.0 Å². The van der Waals surface area contributed by atoms with Gasteiger partial charge in [0.1, 0.15) is 11.6 Å². The zero-order valence-electron chi connectivity index (χ0n) is 16.9. The standard InChI is InChI=1S/C21H24F3N5O/c1-11(30)28-8-15-18(20(15,2)10-28)29-9-16(27-17(29)5-12-3-4-12)13-6-14(21(22,23)24)19(25)26-7-13/h6-7,9,12,15,18H,3-5,8,10H2,1-2H3,(H2,25,26)/t15-,18-,20?/m0/s1. The number of fused-ring (bicyclic) bond motifs is 1. The lowest BCUT2D eigenvalue weighted by Gasteiger charge is -2.22. The van der Waals surface area contributed by atoms with Gasteiger partial charge in [0.15, 0.2) is 0 Å². The number of amides is 1. The third-order valence-corrected chi connectivity index (χ3v) is 6.99. The molecule has 1 unspecified atom stereocenters. The summed E-state index contributed by atoms with van der Waals surface area (Å²) in [6.07, 6.45) is 1.79. The molecule has 2 N–H and O–H groups in total. The molecule has 1 saturated heterocycles. The quantitative estimate of drug-likeness (QED) is 0.823. The number of imidazole rings is 1. The van der Waals surface area contributed by atoms with Gasteiger partial charge in [-0.05, 0) is 24.8 Å². The normalized spacial score (nSPS) is 28.0. The number of nitrogens with zero attached hydrogens (tertiary/aromatic N) is 4. The highest BCUT2D eigenvalue weighted by molar-refractivity contribution is 5.74. The topological polar surface area (TPSA) is 77.0 Å². The third kappa shape index (κ3) is 3.06. The molecular formula is C21H24F3N5O. The maximum Gasteiger partial charge on any atom is 0.419 e. The van der Waals surface area contributed by atoms with E-state index in [9.17, 15) is 18.0 Å². The number of piperidine rings is 1. The Morgan fingerprint density at radius 1 is 1.37 bits per heavy atom. The second-order valence-corrected chi connectivity index (χ2v) is 9.21. The molecule has 9 heteroatoms. The molecular weight excluding hydrogens is 395 g/mol. The largest absolute Gasteiger partial charge is 0.419 e. The molecule has 3 fully saturated rings. The van der Waals surface area contributed by atoms with Crippen molar-refractivity contribution in [1.82, 2.24) is 19.4 Å². The molecule has 160 valence electrons. The number of hydrogen-bond donors (Lipinski definition) is 1. The van der Waals surface area contributed by atoms with E-state index in [0.29, 0.717) is 36.2 Å². The van der Waals surface area contributed by atoms with Gasteiger partial charge in [0.25, 0.3) is 0 Å². The fraction of sp³-hybridized carbons (Fsp3) is 0.571. The second-order valence-electron chi connectivity index (χ2n) is 9.21. The van der Waals surface area contributed by atoms with Crippen molar-refractivity contribution in [1.29, 1.82) is 0 Å². The number of nitrogen functional groups attached to an aromatic ring is 1. The van der Waals surface area contributed by atoms with Crippen molar-refractivity contribution in [2.75, 3.05) is 18.8 Å². The van der Waals surface area contributed by atoms with Crippen LogP contribution in [-0.4, -0.2) is 38.4 Å². The summed E-state index contributed by atoms with van der Waals surface area (Å²) in [5.41, 5.74) is 5.29. The summed E-state index contributed by atoms with van der Waals surface area (Å²) < 4.78 is 42.0. The van der Waals surface area contributed by atoms with Gasteiger partial charge in [-0.3, -0.25) is 4.79 Å². The van der Waals surface area contributed by atoms with Crippen molar-refractivity contribution in [2.24, 2.45) is 17.3 Å². The van der Waals surface area contributed by atoms with Crippen molar-refractivity contribution in [3.63, 3.8) is 0 Å². The van der Waals surface area contributed by atoms with Crippen LogP contribution < -0.4 is 5.73 Å². The number of carbonyl (C=O) groups is 1. The number of aromatic nitrogens is 3. The Hall–Kier alpha value is -2.58. The summed E-state index contributed by atoms with van der Waals surface area (Å²) in [6.45, 7) is 5.19. The van der Waals surface area contributed by atoms with E-state index in [-0.39, 0.29) is 17.4 Å². The molecule has 0 aromatic carbocycles. The average molecular weight is 419 g/mol. The molecule has 1 aliphatic heterocycles. The van der Waals surface area contributed by atoms with E-state index < -0.39 is 17.6 Å². The van der Waals surface area contributed by atoms with Crippen LogP contribution >= 0.6 is 0 Å². The lowest BCUT2D eigenvalue weighted by Crippen LogP contribution is -2.31. The van der Waals surface area contributed by atoms with Crippen LogP contribution in [0.3, 0.4) is 0 Å². The number of halogens is 3. The zero-order valence-corrected chi connectivity index (χ0v) is 16.9. The Morgan fingerprint density at radius 3 is 2.67 bits per heavy atom. The maximum absolute atomic E-state index is 13.3. The van der Waals surface area contributed by atoms with Gasteiger partial charge < -0.3 is 15.2 Å². The molecule has 2 aromatic heterocycles. The Balaban J connectivity index is 1.50. The van der Waals surface area contributed by atoms with Gasteiger partial charge in [-0.2, -0.15) is 13.2 Å². The minimum atomic E-state index is -4.57. The zero-order chi connectivity index (χ0) is 21.4. The lowest BCUT2D eigenvalue weighted by atomic mass is 10.1. The number of rotatable bonds is 4. The van der Waals surface area contributed by atoms with Crippen LogP contribution in [0.25, 0.3) is 11.3 Å².